The molecule has 0 N–H and O–H groups in total. The molecule has 5 nitrogen and oxygen atoms in total. The van der Waals surface area contributed by atoms with E-state index >= 15 is 0 Å². The molecule has 1 heterocycles. The first-order chi connectivity index (χ1) is 14.6. The summed E-state index contributed by atoms with van der Waals surface area (Å²) in [6, 6.07) is 8.35. The molecule has 1 saturated carbocycles. The van der Waals surface area contributed by atoms with Crippen LogP contribution in [0.15, 0.2) is 34.2 Å². The third-order valence-corrected chi connectivity index (χ3v) is 7.34. The first kappa shape index (κ1) is 21.2. The predicted octanol–water partition coefficient (Wildman–Crippen LogP) is 4.73. The first-order valence-corrected chi connectivity index (χ1v) is 12.1. The Balaban J connectivity index is 1.86. The number of aromatic nitrogens is 2. The Labute approximate surface area is 182 Å². The number of benzene rings is 1. The van der Waals surface area contributed by atoms with Gasteiger partial charge in [0.05, 0.1) is 23.6 Å². The van der Waals surface area contributed by atoms with E-state index in [1.54, 1.807) is 6.92 Å². The van der Waals surface area contributed by atoms with E-state index in [-0.39, 0.29) is 22.7 Å². The van der Waals surface area contributed by atoms with Crippen LogP contribution in [-0.4, -0.2) is 27.9 Å². The van der Waals surface area contributed by atoms with Gasteiger partial charge in [-0.25, -0.2) is 4.98 Å². The van der Waals surface area contributed by atoms with Gasteiger partial charge in [0.25, 0.3) is 5.56 Å². The lowest BCUT2D eigenvalue weighted by Crippen LogP contribution is -2.40. The largest absolute Gasteiger partial charge is 0.465 e. The molecular weight excluding hydrogens is 396 g/mol. The van der Waals surface area contributed by atoms with Crippen molar-refractivity contribution < 1.29 is 9.53 Å². The van der Waals surface area contributed by atoms with Gasteiger partial charge in [0, 0.05) is 17.5 Å². The Morgan fingerprint density at radius 2 is 2.00 bits per heavy atom. The van der Waals surface area contributed by atoms with Crippen LogP contribution in [0.4, 0.5) is 0 Å². The van der Waals surface area contributed by atoms with E-state index in [0.29, 0.717) is 18.3 Å². The summed E-state index contributed by atoms with van der Waals surface area (Å²) in [5, 5.41) is 0.630. The molecule has 0 radical (unpaired) electrons. The second-order valence-electron chi connectivity index (χ2n) is 8.34. The quantitative estimate of drug-likeness (QED) is 0.364. The third kappa shape index (κ3) is 3.82. The van der Waals surface area contributed by atoms with Crippen LogP contribution in [-0.2, 0) is 27.9 Å². The Bertz CT molecular complexity index is 992. The van der Waals surface area contributed by atoms with Crippen molar-refractivity contribution in [2.75, 3.05) is 12.4 Å². The normalized spacial score (nSPS) is 16.3. The number of fused-ring (bicyclic) bond motifs is 4. The second-order valence-corrected chi connectivity index (χ2v) is 9.29. The zero-order valence-corrected chi connectivity index (χ0v) is 18.7. The van der Waals surface area contributed by atoms with Crippen molar-refractivity contribution in [2.24, 2.45) is 0 Å². The van der Waals surface area contributed by atoms with Gasteiger partial charge >= 0.3 is 5.97 Å². The highest BCUT2D eigenvalue weighted by Crippen LogP contribution is 2.49. The molecule has 0 bridgehead atoms. The Morgan fingerprint density at radius 3 is 2.73 bits per heavy atom. The fourth-order valence-electron chi connectivity index (χ4n) is 4.99. The monoisotopic (exact) mass is 426 g/mol. The molecule has 2 aliphatic rings. The number of rotatable bonds is 7. The van der Waals surface area contributed by atoms with E-state index in [2.05, 4.69) is 25.1 Å². The summed E-state index contributed by atoms with van der Waals surface area (Å²) < 4.78 is 6.90. The summed E-state index contributed by atoms with van der Waals surface area (Å²) in [5.41, 5.74) is 4.11. The van der Waals surface area contributed by atoms with Crippen molar-refractivity contribution in [3.05, 3.63) is 45.7 Å². The maximum atomic E-state index is 13.9. The van der Waals surface area contributed by atoms with E-state index in [1.807, 2.05) is 10.6 Å². The number of nitrogens with zero attached hydrogens (tertiary/aromatic N) is 2. The van der Waals surface area contributed by atoms with Crippen LogP contribution in [0.5, 0.6) is 0 Å². The van der Waals surface area contributed by atoms with E-state index in [0.717, 1.165) is 61.8 Å². The number of unbranched alkanes of at least 4 members (excludes halogenated alkanes) is 1. The molecule has 160 valence electrons. The summed E-state index contributed by atoms with van der Waals surface area (Å²) >= 11 is 1.32. The number of carbonyl (C=O) groups is 1. The number of esters is 1. The third-order valence-electron chi connectivity index (χ3n) is 6.39. The fourth-order valence-corrected chi connectivity index (χ4v) is 5.81. The van der Waals surface area contributed by atoms with Crippen molar-refractivity contribution in [2.45, 2.75) is 75.9 Å². The topological polar surface area (TPSA) is 61.2 Å². The second kappa shape index (κ2) is 8.96. The van der Waals surface area contributed by atoms with Gasteiger partial charge in [-0.15, -0.1) is 0 Å². The van der Waals surface area contributed by atoms with Crippen molar-refractivity contribution in [3.8, 4) is 11.3 Å². The van der Waals surface area contributed by atoms with Gasteiger partial charge in [0.15, 0.2) is 5.16 Å². The predicted molar refractivity (Wildman–Crippen MR) is 120 cm³/mol. The summed E-state index contributed by atoms with van der Waals surface area (Å²) in [4.78, 5) is 30.9. The number of ether oxygens (including phenoxy) is 1. The van der Waals surface area contributed by atoms with Gasteiger partial charge in [0.1, 0.15) is 0 Å². The van der Waals surface area contributed by atoms with E-state index in [4.69, 9.17) is 9.72 Å². The molecule has 4 rings (SSSR count). The van der Waals surface area contributed by atoms with Crippen LogP contribution in [0, 0.1) is 0 Å². The lowest BCUT2D eigenvalue weighted by Gasteiger charge is -2.36. The van der Waals surface area contributed by atoms with Crippen molar-refractivity contribution >= 4 is 17.7 Å². The average molecular weight is 427 g/mol. The minimum atomic E-state index is -0.274. The van der Waals surface area contributed by atoms with Crippen LogP contribution in [0.25, 0.3) is 11.3 Å². The van der Waals surface area contributed by atoms with Crippen LogP contribution in [0.2, 0.25) is 0 Å². The smallest absolute Gasteiger partial charge is 0.316 e. The minimum Gasteiger partial charge on any atom is -0.465 e. The molecule has 0 atom stereocenters. The molecule has 1 aromatic carbocycles. The summed E-state index contributed by atoms with van der Waals surface area (Å²) in [6.07, 6.45) is 7.26. The fraction of sp³-hybridized carbons (Fsp3) is 0.542. The van der Waals surface area contributed by atoms with Crippen molar-refractivity contribution in [3.63, 3.8) is 0 Å². The maximum Gasteiger partial charge on any atom is 0.316 e. The summed E-state index contributed by atoms with van der Waals surface area (Å²) in [5.74, 6) is -0.109. The van der Waals surface area contributed by atoms with Gasteiger partial charge in [-0.3, -0.25) is 14.2 Å². The van der Waals surface area contributed by atoms with Crippen molar-refractivity contribution in [1.29, 1.82) is 0 Å². The van der Waals surface area contributed by atoms with E-state index < -0.39 is 0 Å². The lowest BCUT2D eigenvalue weighted by molar-refractivity contribution is -0.139. The number of thioether (sulfide) groups is 1. The molecule has 1 fully saturated rings. The van der Waals surface area contributed by atoms with E-state index in [1.165, 1.54) is 17.3 Å². The SMILES string of the molecule is CCCCn1c(SCC(=O)OCC)nc2c(c1=O)C1(CCCC1)Cc1ccccc1-2. The van der Waals surface area contributed by atoms with Crippen molar-refractivity contribution in [1.82, 2.24) is 9.55 Å². The molecule has 1 spiro atoms. The summed E-state index contributed by atoms with van der Waals surface area (Å²) in [7, 11) is 0. The Kier molecular flexibility index (Phi) is 6.32. The van der Waals surface area contributed by atoms with Gasteiger partial charge in [-0.05, 0) is 38.2 Å². The Hall–Kier alpha value is -2.08. The zero-order chi connectivity index (χ0) is 21.1. The molecule has 0 unspecified atom stereocenters. The van der Waals surface area contributed by atoms with E-state index in [9.17, 15) is 9.59 Å². The number of hydrogen-bond acceptors (Lipinski definition) is 5. The van der Waals surface area contributed by atoms with Gasteiger partial charge < -0.3 is 4.74 Å². The zero-order valence-electron chi connectivity index (χ0n) is 17.9. The summed E-state index contributed by atoms with van der Waals surface area (Å²) in [6.45, 7) is 4.92. The molecule has 2 aliphatic carbocycles. The van der Waals surface area contributed by atoms with Crippen LogP contribution in [0.3, 0.4) is 0 Å². The lowest BCUT2D eigenvalue weighted by atomic mass is 9.68. The molecule has 1 aromatic heterocycles. The highest BCUT2D eigenvalue weighted by Gasteiger charge is 2.44. The van der Waals surface area contributed by atoms with Crippen LogP contribution >= 0.6 is 11.8 Å². The molecular formula is C24H30N2O3S. The molecule has 0 amide bonds. The van der Waals surface area contributed by atoms with Crippen LogP contribution < -0.4 is 5.56 Å². The number of carbonyl (C=O) groups excluding carboxylic acids is 1. The molecule has 0 saturated heterocycles. The highest BCUT2D eigenvalue weighted by molar-refractivity contribution is 7.99. The molecule has 2 aromatic rings. The maximum absolute atomic E-state index is 13.9. The average Bonchev–Trinajstić information content (AvgIpc) is 3.20. The Morgan fingerprint density at radius 1 is 1.23 bits per heavy atom. The number of hydrogen-bond donors (Lipinski definition) is 0. The van der Waals surface area contributed by atoms with Gasteiger partial charge in [0.2, 0.25) is 0 Å². The molecule has 6 heteroatoms. The molecule has 0 aliphatic heterocycles. The molecule has 30 heavy (non-hydrogen) atoms. The standard InChI is InChI=1S/C24H30N2O3S/c1-3-5-14-26-22(28)20-21(25-23(26)30-16-19(27)29-4-2)18-11-7-6-10-17(18)15-24(20)12-8-9-13-24/h6-7,10-11H,3-5,8-9,12-16H2,1-2H3. The van der Waals surface area contributed by atoms with Gasteiger partial charge in [-0.1, -0.05) is 62.2 Å². The van der Waals surface area contributed by atoms with Gasteiger partial charge in [-0.2, -0.15) is 0 Å². The minimum absolute atomic E-state index is 0.0912. The highest BCUT2D eigenvalue weighted by atomic mass is 32.2. The van der Waals surface area contributed by atoms with Crippen LogP contribution in [0.1, 0.15) is 63.5 Å². The first-order valence-electron chi connectivity index (χ1n) is 11.1.